The summed E-state index contributed by atoms with van der Waals surface area (Å²) in [7, 11) is 0. The van der Waals surface area contributed by atoms with Gasteiger partial charge in [-0.2, -0.15) is 4.39 Å². The van der Waals surface area contributed by atoms with Crippen molar-refractivity contribution in [1.29, 1.82) is 0 Å². The fraction of sp³-hybridized carbons (Fsp3) is 0. The van der Waals surface area contributed by atoms with Crippen molar-refractivity contribution >= 4 is 28.9 Å². The minimum atomic E-state index is -0.900. The lowest BCUT2D eigenvalue weighted by Gasteiger charge is -2.06. The van der Waals surface area contributed by atoms with Crippen molar-refractivity contribution in [1.82, 2.24) is 0 Å². The summed E-state index contributed by atoms with van der Waals surface area (Å²) in [4.78, 5) is 10.1. The quantitative estimate of drug-likeness (QED) is 0.592. The van der Waals surface area contributed by atoms with Crippen LogP contribution in [-0.2, 0) is 0 Å². The maximum Gasteiger partial charge on any atom is 0.312 e. The minimum Gasteiger partial charge on any atom is -0.258 e. The van der Waals surface area contributed by atoms with Gasteiger partial charge in [0.2, 0.25) is 5.82 Å². The first-order valence-corrected chi connectivity index (χ1v) is 5.64. The van der Waals surface area contributed by atoms with Crippen molar-refractivity contribution in [2.24, 2.45) is 0 Å². The first-order chi connectivity index (χ1) is 8.50. The number of halogens is 3. The van der Waals surface area contributed by atoms with Gasteiger partial charge in [-0.15, -0.1) is 0 Å². The van der Waals surface area contributed by atoms with Gasteiger partial charge in [0.25, 0.3) is 0 Å². The summed E-state index contributed by atoms with van der Waals surface area (Å²) in [5.41, 5.74) is -0.101. The van der Waals surface area contributed by atoms with Crippen LogP contribution in [0.5, 0.6) is 0 Å². The standard InChI is InChI=1S/C12H6Cl2FNO2/c13-7-4-5-8(10(14)6-7)9-2-1-3-11(15)12(9)16(17)18/h1-6H. The topological polar surface area (TPSA) is 43.1 Å². The second-order valence-electron chi connectivity index (χ2n) is 3.52. The number of rotatable bonds is 2. The van der Waals surface area contributed by atoms with E-state index in [0.717, 1.165) is 6.07 Å². The van der Waals surface area contributed by atoms with Gasteiger partial charge in [-0.3, -0.25) is 10.1 Å². The molecule has 92 valence electrons. The third kappa shape index (κ3) is 2.30. The van der Waals surface area contributed by atoms with Crippen molar-refractivity contribution in [3.8, 4) is 11.1 Å². The summed E-state index contributed by atoms with van der Waals surface area (Å²) in [6, 6.07) is 8.38. The van der Waals surface area contributed by atoms with Crippen LogP contribution in [0.1, 0.15) is 0 Å². The van der Waals surface area contributed by atoms with E-state index in [-0.39, 0.29) is 10.6 Å². The summed E-state index contributed by atoms with van der Waals surface area (Å²) in [5.74, 6) is -0.900. The molecule has 3 nitrogen and oxygen atoms in total. The fourth-order valence-corrected chi connectivity index (χ4v) is 2.14. The molecule has 0 spiro atoms. The third-order valence-electron chi connectivity index (χ3n) is 2.39. The van der Waals surface area contributed by atoms with E-state index in [1.54, 1.807) is 0 Å². The zero-order valence-electron chi connectivity index (χ0n) is 8.86. The zero-order chi connectivity index (χ0) is 13.3. The lowest BCUT2D eigenvalue weighted by molar-refractivity contribution is -0.386. The molecule has 2 aromatic carbocycles. The van der Waals surface area contributed by atoms with E-state index in [0.29, 0.717) is 10.6 Å². The smallest absolute Gasteiger partial charge is 0.258 e. The average Bonchev–Trinajstić information content (AvgIpc) is 2.28. The number of nitro benzene ring substituents is 1. The third-order valence-corrected chi connectivity index (χ3v) is 2.94. The van der Waals surface area contributed by atoms with Crippen LogP contribution in [0.15, 0.2) is 36.4 Å². The van der Waals surface area contributed by atoms with Crippen LogP contribution in [0.25, 0.3) is 11.1 Å². The Morgan fingerprint density at radius 2 is 1.83 bits per heavy atom. The Kier molecular flexibility index (Phi) is 3.50. The second-order valence-corrected chi connectivity index (χ2v) is 4.36. The minimum absolute atomic E-state index is 0.127. The Morgan fingerprint density at radius 3 is 2.44 bits per heavy atom. The van der Waals surface area contributed by atoms with Crippen LogP contribution in [0.4, 0.5) is 10.1 Å². The van der Waals surface area contributed by atoms with Gasteiger partial charge in [-0.25, -0.2) is 0 Å². The lowest BCUT2D eigenvalue weighted by Crippen LogP contribution is -1.96. The largest absolute Gasteiger partial charge is 0.312 e. The van der Waals surface area contributed by atoms with E-state index in [1.165, 1.54) is 30.3 Å². The van der Waals surface area contributed by atoms with E-state index in [4.69, 9.17) is 23.2 Å². The second kappa shape index (κ2) is 4.92. The van der Waals surface area contributed by atoms with Crippen molar-refractivity contribution in [2.75, 3.05) is 0 Å². The Balaban J connectivity index is 2.71. The number of nitrogens with zero attached hydrogens (tertiary/aromatic N) is 1. The van der Waals surface area contributed by atoms with Crippen molar-refractivity contribution in [2.45, 2.75) is 0 Å². The molecule has 0 unspecified atom stereocenters. The summed E-state index contributed by atoms with van der Waals surface area (Å²) in [6.45, 7) is 0. The molecule has 0 radical (unpaired) electrons. The van der Waals surface area contributed by atoms with Gasteiger partial charge in [0.05, 0.1) is 15.5 Å². The molecule has 0 atom stereocenters. The Hall–Kier alpha value is -1.65. The van der Waals surface area contributed by atoms with Crippen LogP contribution in [0, 0.1) is 15.9 Å². The van der Waals surface area contributed by atoms with Crippen molar-refractivity contribution in [3.63, 3.8) is 0 Å². The average molecular weight is 286 g/mol. The summed E-state index contributed by atoms with van der Waals surface area (Å²) < 4.78 is 13.5. The molecule has 0 aliphatic rings. The molecular formula is C12H6Cl2FNO2. The van der Waals surface area contributed by atoms with E-state index < -0.39 is 16.4 Å². The summed E-state index contributed by atoms with van der Waals surface area (Å²) >= 11 is 11.7. The van der Waals surface area contributed by atoms with E-state index in [1.807, 2.05) is 0 Å². The van der Waals surface area contributed by atoms with E-state index in [2.05, 4.69) is 0 Å². The normalized spacial score (nSPS) is 10.4. The SMILES string of the molecule is O=[N+]([O-])c1c(F)cccc1-c1ccc(Cl)cc1Cl. The number of para-hydroxylation sites is 1. The highest BCUT2D eigenvalue weighted by Crippen LogP contribution is 2.37. The summed E-state index contributed by atoms with van der Waals surface area (Å²) in [6.07, 6.45) is 0. The number of hydrogen-bond acceptors (Lipinski definition) is 2. The van der Waals surface area contributed by atoms with Gasteiger partial charge in [0.15, 0.2) is 0 Å². The Bertz CT molecular complexity index is 631. The predicted octanol–water partition coefficient (Wildman–Crippen LogP) is 4.71. The molecule has 0 bridgehead atoms. The Labute approximate surface area is 112 Å². The lowest BCUT2D eigenvalue weighted by atomic mass is 10.0. The highest BCUT2D eigenvalue weighted by molar-refractivity contribution is 6.36. The maximum absolute atomic E-state index is 13.5. The number of nitro groups is 1. The molecule has 18 heavy (non-hydrogen) atoms. The zero-order valence-corrected chi connectivity index (χ0v) is 10.4. The molecule has 0 amide bonds. The molecule has 0 saturated heterocycles. The molecule has 0 aromatic heterocycles. The van der Waals surface area contributed by atoms with Crippen LogP contribution in [0.3, 0.4) is 0 Å². The first kappa shape index (κ1) is 12.8. The van der Waals surface area contributed by atoms with Gasteiger partial charge < -0.3 is 0 Å². The highest BCUT2D eigenvalue weighted by atomic mass is 35.5. The van der Waals surface area contributed by atoms with Gasteiger partial charge in [0, 0.05) is 10.6 Å². The molecule has 0 N–H and O–H groups in total. The van der Waals surface area contributed by atoms with E-state index >= 15 is 0 Å². The predicted molar refractivity (Wildman–Crippen MR) is 68.5 cm³/mol. The summed E-state index contributed by atoms with van der Waals surface area (Å²) in [5, 5.41) is 11.5. The molecule has 0 aliphatic heterocycles. The molecule has 0 heterocycles. The molecule has 2 aromatic rings. The van der Waals surface area contributed by atoms with Crippen molar-refractivity contribution < 1.29 is 9.31 Å². The van der Waals surface area contributed by atoms with Gasteiger partial charge in [-0.1, -0.05) is 35.3 Å². The van der Waals surface area contributed by atoms with Crippen molar-refractivity contribution in [3.05, 3.63) is 62.4 Å². The molecule has 0 fully saturated rings. The molecule has 2 rings (SSSR count). The molecular weight excluding hydrogens is 280 g/mol. The Morgan fingerprint density at radius 1 is 1.11 bits per heavy atom. The molecule has 6 heteroatoms. The van der Waals surface area contributed by atoms with Crippen LogP contribution in [0.2, 0.25) is 10.0 Å². The van der Waals surface area contributed by atoms with Gasteiger partial charge >= 0.3 is 5.69 Å². The first-order valence-electron chi connectivity index (χ1n) is 4.89. The van der Waals surface area contributed by atoms with Gasteiger partial charge in [-0.05, 0) is 24.3 Å². The number of hydrogen-bond donors (Lipinski definition) is 0. The van der Waals surface area contributed by atoms with Crippen LogP contribution < -0.4 is 0 Å². The van der Waals surface area contributed by atoms with Crippen LogP contribution >= 0.6 is 23.2 Å². The van der Waals surface area contributed by atoms with Crippen LogP contribution in [-0.4, -0.2) is 4.92 Å². The monoisotopic (exact) mass is 285 g/mol. The number of benzene rings is 2. The molecule has 0 aliphatic carbocycles. The maximum atomic E-state index is 13.5. The van der Waals surface area contributed by atoms with Gasteiger partial charge in [0.1, 0.15) is 0 Å². The van der Waals surface area contributed by atoms with E-state index in [9.17, 15) is 14.5 Å². The highest BCUT2D eigenvalue weighted by Gasteiger charge is 2.22. The fourth-order valence-electron chi connectivity index (χ4n) is 1.63. The molecule has 0 saturated carbocycles.